The first-order chi connectivity index (χ1) is 13.2. The quantitative estimate of drug-likeness (QED) is 0.693. The summed E-state index contributed by atoms with van der Waals surface area (Å²) < 4.78 is 20.7. The monoisotopic (exact) mass is 368 g/mol. The summed E-state index contributed by atoms with van der Waals surface area (Å²) in [4.78, 5) is 16.4. The molecule has 0 unspecified atom stereocenters. The van der Waals surface area contributed by atoms with Crippen molar-refractivity contribution in [2.75, 3.05) is 32.8 Å². The molecule has 0 bridgehead atoms. The van der Waals surface area contributed by atoms with E-state index in [9.17, 15) is 9.18 Å². The Morgan fingerprint density at radius 1 is 1.07 bits per heavy atom. The van der Waals surface area contributed by atoms with Crippen LogP contribution in [0.25, 0.3) is 5.52 Å². The van der Waals surface area contributed by atoms with E-state index >= 15 is 0 Å². The summed E-state index contributed by atoms with van der Waals surface area (Å²) in [5.74, 6) is -0.468. The first-order valence-corrected chi connectivity index (χ1v) is 9.00. The Morgan fingerprint density at radius 3 is 2.63 bits per heavy atom. The van der Waals surface area contributed by atoms with Gasteiger partial charge in [-0.2, -0.15) is 5.10 Å². The molecule has 0 aliphatic carbocycles. The lowest BCUT2D eigenvalue weighted by molar-refractivity contribution is -0.135. The van der Waals surface area contributed by atoms with E-state index in [0.717, 1.165) is 30.8 Å². The lowest BCUT2D eigenvalue weighted by Crippen LogP contribution is -2.49. The van der Waals surface area contributed by atoms with Crippen molar-refractivity contribution in [3.05, 3.63) is 66.2 Å². The molecule has 3 heterocycles. The molecule has 3 aromatic rings. The van der Waals surface area contributed by atoms with Gasteiger partial charge in [0.05, 0.1) is 11.2 Å². The zero-order chi connectivity index (χ0) is 18.6. The van der Waals surface area contributed by atoms with Gasteiger partial charge in [-0.1, -0.05) is 18.2 Å². The Morgan fingerprint density at radius 2 is 1.85 bits per heavy atom. The molecule has 1 saturated heterocycles. The molecule has 27 heavy (non-hydrogen) atoms. The summed E-state index contributed by atoms with van der Waals surface area (Å²) in [5.41, 5.74) is 2.09. The Balaban J connectivity index is 1.27. The van der Waals surface area contributed by atoms with E-state index in [-0.39, 0.29) is 18.3 Å². The van der Waals surface area contributed by atoms with E-state index in [1.165, 1.54) is 12.1 Å². The maximum absolute atomic E-state index is 13.6. The smallest absolute Gasteiger partial charge is 0.260 e. The zero-order valence-electron chi connectivity index (χ0n) is 14.9. The molecule has 1 fully saturated rings. The predicted molar refractivity (Wildman–Crippen MR) is 98.9 cm³/mol. The number of ether oxygens (including phenoxy) is 1. The number of para-hydroxylation sites is 1. The predicted octanol–water partition coefficient (Wildman–Crippen LogP) is 2.20. The highest BCUT2D eigenvalue weighted by atomic mass is 19.1. The van der Waals surface area contributed by atoms with Gasteiger partial charge >= 0.3 is 0 Å². The lowest BCUT2D eigenvalue weighted by Gasteiger charge is -2.34. The maximum atomic E-state index is 13.6. The molecule has 0 atom stereocenters. The molecule has 140 valence electrons. The van der Waals surface area contributed by atoms with Crippen LogP contribution in [0.1, 0.15) is 5.69 Å². The molecule has 1 amide bonds. The third-order valence-electron chi connectivity index (χ3n) is 4.72. The first kappa shape index (κ1) is 17.5. The highest BCUT2D eigenvalue weighted by Crippen LogP contribution is 2.16. The zero-order valence-corrected chi connectivity index (χ0v) is 14.9. The highest BCUT2D eigenvalue weighted by Gasteiger charge is 2.22. The van der Waals surface area contributed by atoms with Gasteiger partial charge < -0.3 is 9.64 Å². The first-order valence-electron chi connectivity index (χ1n) is 9.00. The van der Waals surface area contributed by atoms with Crippen molar-refractivity contribution >= 4 is 11.4 Å². The van der Waals surface area contributed by atoms with Crippen LogP contribution in [0.15, 0.2) is 54.7 Å². The van der Waals surface area contributed by atoms with Crippen molar-refractivity contribution in [1.29, 1.82) is 0 Å². The average molecular weight is 368 g/mol. The molecule has 0 spiro atoms. The molecule has 7 heteroatoms. The molecule has 6 nitrogen and oxygen atoms in total. The second-order valence-corrected chi connectivity index (χ2v) is 6.58. The van der Waals surface area contributed by atoms with Gasteiger partial charge in [0, 0.05) is 38.9 Å². The van der Waals surface area contributed by atoms with E-state index < -0.39 is 5.82 Å². The van der Waals surface area contributed by atoms with Crippen LogP contribution in [0.3, 0.4) is 0 Å². The number of hydrogen-bond donors (Lipinski definition) is 0. The van der Waals surface area contributed by atoms with Crippen molar-refractivity contribution in [3.63, 3.8) is 0 Å². The average Bonchev–Trinajstić information content (AvgIpc) is 3.10. The topological polar surface area (TPSA) is 50.1 Å². The number of piperazine rings is 1. The van der Waals surface area contributed by atoms with Gasteiger partial charge in [-0.25, -0.2) is 8.91 Å². The third kappa shape index (κ3) is 4.09. The fourth-order valence-corrected chi connectivity index (χ4v) is 3.25. The van der Waals surface area contributed by atoms with Crippen LogP contribution in [-0.4, -0.2) is 58.1 Å². The number of halogens is 1. The van der Waals surface area contributed by atoms with Crippen LogP contribution >= 0.6 is 0 Å². The fourth-order valence-electron chi connectivity index (χ4n) is 3.25. The van der Waals surface area contributed by atoms with Gasteiger partial charge in [-0.05, 0) is 30.3 Å². The minimum Gasteiger partial charge on any atom is -0.481 e. The van der Waals surface area contributed by atoms with Gasteiger partial charge in [0.1, 0.15) is 0 Å². The number of pyridine rings is 1. The standard InChI is InChI=1S/C20H21FN4O2/c21-18-6-1-2-7-19(18)27-15-20(26)24-11-9-23(10-12-24)14-16-13-17-5-3-4-8-25(17)22-16/h1-8,13H,9-12,14-15H2. The van der Waals surface area contributed by atoms with Crippen molar-refractivity contribution in [1.82, 2.24) is 19.4 Å². The molecule has 4 rings (SSSR count). The molecule has 0 saturated carbocycles. The third-order valence-corrected chi connectivity index (χ3v) is 4.72. The largest absolute Gasteiger partial charge is 0.481 e. The molecule has 2 aromatic heterocycles. The summed E-state index contributed by atoms with van der Waals surface area (Å²) in [6, 6.07) is 14.2. The number of amides is 1. The van der Waals surface area contributed by atoms with E-state index in [0.29, 0.717) is 13.1 Å². The molecule has 0 radical (unpaired) electrons. The number of hydrogen-bond acceptors (Lipinski definition) is 4. The highest BCUT2D eigenvalue weighted by molar-refractivity contribution is 5.77. The number of rotatable bonds is 5. The Labute approximate surface area is 156 Å². The summed E-state index contributed by atoms with van der Waals surface area (Å²) in [5, 5.41) is 4.57. The number of nitrogens with zero attached hydrogens (tertiary/aromatic N) is 4. The number of aromatic nitrogens is 2. The molecular formula is C20H21FN4O2. The van der Waals surface area contributed by atoms with Crippen molar-refractivity contribution in [3.8, 4) is 5.75 Å². The summed E-state index contributed by atoms with van der Waals surface area (Å²) >= 11 is 0. The number of carbonyl (C=O) groups excluding carboxylic acids is 1. The van der Waals surface area contributed by atoms with E-state index in [2.05, 4.69) is 16.1 Å². The van der Waals surface area contributed by atoms with Crippen LogP contribution in [0.4, 0.5) is 4.39 Å². The van der Waals surface area contributed by atoms with Crippen molar-refractivity contribution < 1.29 is 13.9 Å². The van der Waals surface area contributed by atoms with Crippen LogP contribution in [0.2, 0.25) is 0 Å². The van der Waals surface area contributed by atoms with Crippen molar-refractivity contribution in [2.45, 2.75) is 6.54 Å². The summed E-state index contributed by atoms with van der Waals surface area (Å²) in [6.07, 6.45) is 1.94. The Bertz CT molecular complexity index is 901. The second kappa shape index (κ2) is 7.75. The Hall–Kier alpha value is -2.93. The molecular weight excluding hydrogens is 347 g/mol. The van der Waals surface area contributed by atoms with E-state index in [4.69, 9.17) is 4.74 Å². The lowest BCUT2D eigenvalue weighted by atomic mass is 10.2. The summed E-state index contributed by atoms with van der Waals surface area (Å²) in [6.45, 7) is 3.43. The van der Waals surface area contributed by atoms with E-state index in [1.807, 2.05) is 28.9 Å². The van der Waals surface area contributed by atoms with Gasteiger partial charge in [0.15, 0.2) is 18.2 Å². The number of fused-ring (bicyclic) bond motifs is 1. The SMILES string of the molecule is O=C(COc1ccccc1F)N1CCN(Cc2cc3ccccn3n2)CC1. The number of benzene rings is 1. The summed E-state index contributed by atoms with van der Waals surface area (Å²) in [7, 11) is 0. The maximum Gasteiger partial charge on any atom is 0.260 e. The van der Waals surface area contributed by atoms with Crippen molar-refractivity contribution in [2.24, 2.45) is 0 Å². The Kier molecular flexibility index (Phi) is 5.02. The molecule has 0 N–H and O–H groups in total. The normalized spacial score (nSPS) is 15.2. The van der Waals surface area contributed by atoms with Crippen LogP contribution in [0, 0.1) is 5.82 Å². The van der Waals surface area contributed by atoms with Crippen LogP contribution < -0.4 is 4.74 Å². The van der Waals surface area contributed by atoms with Gasteiger partial charge in [0.2, 0.25) is 0 Å². The second-order valence-electron chi connectivity index (χ2n) is 6.58. The molecule has 1 aromatic carbocycles. The van der Waals surface area contributed by atoms with E-state index in [1.54, 1.807) is 17.0 Å². The molecule has 1 aliphatic heterocycles. The van der Waals surface area contributed by atoms with Crippen LogP contribution in [-0.2, 0) is 11.3 Å². The van der Waals surface area contributed by atoms with Gasteiger partial charge in [0.25, 0.3) is 5.91 Å². The van der Waals surface area contributed by atoms with Gasteiger partial charge in [-0.3, -0.25) is 9.69 Å². The molecule has 1 aliphatic rings. The minimum absolute atomic E-state index is 0.108. The van der Waals surface area contributed by atoms with Gasteiger partial charge in [-0.15, -0.1) is 0 Å². The minimum atomic E-state index is -0.456. The number of carbonyl (C=O) groups is 1. The fraction of sp³-hybridized carbons (Fsp3) is 0.300. The van der Waals surface area contributed by atoms with Crippen LogP contribution in [0.5, 0.6) is 5.75 Å².